The van der Waals surface area contributed by atoms with Gasteiger partial charge in [0.2, 0.25) is 5.95 Å². The Bertz CT molecular complexity index is 907. The number of benzene rings is 2. The second-order valence-corrected chi connectivity index (χ2v) is 6.06. The van der Waals surface area contributed by atoms with E-state index in [0.29, 0.717) is 44.0 Å². The van der Waals surface area contributed by atoms with Gasteiger partial charge in [0, 0.05) is 5.69 Å². The van der Waals surface area contributed by atoms with E-state index in [1.165, 1.54) is 6.20 Å². The van der Waals surface area contributed by atoms with Crippen molar-refractivity contribution in [2.45, 2.75) is 0 Å². The van der Waals surface area contributed by atoms with Crippen LogP contribution >= 0.6 is 34.8 Å². The van der Waals surface area contributed by atoms with E-state index in [1.54, 1.807) is 43.5 Å². The minimum Gasteiger partial charge on any atom is -0.495 e. The maximum Gasteiger partial charge on any atom is 0.249 e. The van der Waals surface area contributed by atoms with E-state index in [-0.39, 0.29) is 0 Å². The number of hydrogen-bond donors (Lipinski definition) is 2. The van der Waals surface area contributed by atoms with Gasteiger partial charge in [-0.05, 0) is 30.3 Å². The molecule has 0 unspecified atom stereocenters. The van der Waals surface area contributed by atoms with Crippen LogP contribution in [0.25, 0.3) is 0 Å². The highest BCUT2D eigenvalue weighted by Crippen LogP contribution is 2.31. The van der Waals surface area contributed by atoms with Gasteiger partial charge in [-0.15, -0.1) is 5.10 Å². The molecule has 0 saturated carbocycles. The molecule has 1 aromatic heterocycles. The van der Waals surface area contributed by atoms with Crippen LogP contribution in [0, 0.1) is 0 Å². The lowest BCUT2D eigenvalue weighted by atomic mass is 10.3. The number of ether oxygens (including phenoxy) is 1. The summed E-state index contributed by atoms with van der Waals surface area (Å²) < 4.78 is 5.12. The zero-order valence-electron chi connectivity index (χ0n) is 12.9. The molecule has 6 nitrogen and oxygen atoms in total. The van der Waals surface area contributed by atoms with Gasteiger partial charge < -0.3 is 15.4 Å². The molecule has 0 saturated heterocycles. The van der Waals surface area contributed by atoms with Crippen molar-refractivity contribution in [3.8, 4) is 5.75 Å². The molecule has 3 aromatic rings. The zero-order chi connectivity index (χ0) is 17.8. The average Bonchev–Trinajstić information content (AvgIpc) is 2.60. The van der Waals surface area contributed by atoms with E-state index in [1.807, 2.05) is 0 Å². The fourth-order valence-corrected chi connectivity index (χ4v) is 2.63. The van der Waals surface area contributed by atoms with Crippen LogP contribution in [0.1, 0.15) is 0 Å². The van der Waals surface area contributed by atoms with Crippen molar-refractivity contribution in [3.63, 3.8) is 0 Å². The summed E-state index contributed by atoms with van der Waals surface area (Å²) in [6.07, 6.45) is 1.48. The number of hydrogen-bond acceptors (Lipinski definition) is 6. The summed E-state index contributed by atoms with van der Waals surface area (Å²) in [4.78, 5) is 4.33. The summed E-state index contributed by atoms with van der Waals surface area (Å²) in [5.41, 5.74) is 1.32. The van der Waals surface area contributed by atoms with Crippen molar-refractivity contribution in [2.24, 2.45) is 0 Å². The lowest BCUT2D eigenvalue weighted by Crippen LogP contribution is -2.02. The first-order valence-electron chi connectivity index (χ1n) is 7.08. The number of nitrogens with zero attached hydrogens (tertiary/aromatic N) is 3. The fourth-order valence-electron chi connectivity index (χ4n) is 2.03. The van der Waals surface area contributed by atoms with E-state index in [9.17, 15) is 0 Å². The number of rotatable bonds is 5. The normalized spacial score (nSPS) is 10.4. The molecule has 128 valence electrons. The third-order valence-electron chi connectivity index (χ3n) is 3.18. The molecule has 2 N–H and O–H groups in total. The third kappa shape index (κ3) is 4.22. The molecule has 2 aromatic carbocycles. The van der Waals surface area contributed by atoms with Crippen molar-refractivity contribution in [1.82, 2.24) is 15.2 Å². The molecule has 0 aliphatic carbocycles. The predicted octanol–water partition coefficient (Wildman–Crippen LogP) is 5.33. The molecule has 0 amide bonds. The van der Waals surface area contributed by atoms with E-state index in [4.69, 9.17) is 39.5 Å². The number of nitrogens with one attached hydrogen (secondary N) is 2. The summed E-state index contributed by atoms with van der Waals surface area (Å²) in [6, 6.07) is 10.5. The highest BCUT2D eigenvalue weighted by molar-refractivity contribution is 6.43. The van der Waals surface area contributed by atoms with Crippen molar-refractivity contribution >= 4 is 57.9 Å². The van der Waals surface area contributed by atoms with Crippen LogP contribution in [0.5, 0.6) is 5.75 Å². The smallest absolute Gasteiger partial charge is 0.249 e. The van der Waals surface area contributed by atoms with Crippen molar-refractivity contribution in [1.29, 1.82) is 0 Å². The molecular weight excluding hydrogens is 385 g/mol. The summed E-state index contributed by atoms with van der Waals surface area (Å²) in [7, 11) is 1.55. The van der Waals surface area contributed by atoms with Crippen LogP contribution in [-0.4, -0.2) is 22.3 Å². The number of anilines is 4. The van der Waals surface area contributed by atoms with Gasteiger partial charge in [-0.3, -0.25) is 0 Å². The Kier molecular flexibility index (Phi) is 5.43. The summed E-state index contributed by atoms with van der Waals surface area (Å²) in [5, 5.41) is 15.3. The monoisotopic (exact) mass is 395 g/mol. The van der Waals surface area contributed by atoms with E-state index < -0.39 is 0 Å². The van der Waals surface area contributed by atoms with Gasteiger partial charge in [-0.2, -0.15) is 10.1 Å². The molecule has 1 heterocycles. The average molecular weight is 397 g/mol. The molecular formula is C16H12Cl3N5O. The van der Waals surface area contributed by atoms with Gasteiger partial charge >= 0.3 is 0 Å². The molecule has 25 heavy (non-hydrogen) atoms. The minimum atomic E-state index is 0.296. The Morgan fingerprint density at radius 2 is 1.84 bits per heavy atom. The standard InChI is InChI=1S/C16H12Cl3N5O/c1-25-13-6-5-9(7-11(13)18)21-16-23-14(8-20-24-16)22-12-4-2-3-10(17)15(12)19/h2-8H,1H3,(H2,21,22,23,24). The van der Waals surface area contributed by atoms with Gasteiger partial charge in [0.05, 0.1) is 34.1 Å². The number of aromatic nitrogens is 3. The van der Waals surface area contributed by atoms with Gasteiger partial charge in [-0.1, -0.05) is 40.9 Å². The molecule has 9 heteroatoms. The second kappa shape index (κ2) is 7.74. The molecule has 0 atom stereocenters. The summed E-state index contributed by atoms with van der Waals surface area (Å²) in [6.45, 7) is 0. The highest BCUT2D eigenvalue weighted by Gasteiger charge is 2.08. The Labute approximate surface area is 159 Å². The van der Waals surface area contributed by atoms with Crippen LogP contribution in [0.4, 0.5) is 23.1 Å². The molecule has 3 rings (SSSR count). The van der Waals surface area contributed by atoms with Gasteiger partial charge in [0.1, 0.15) is 5.75 Å². The predicted molar refractivity (Wildman–Crippen MR) is 101 cm³/mol. The molecule has 0 radical (unpaired) electrons. The molecule has 0 fully saturated rings. The Morgan fingerprint density at radius 3 is 2.60 bits per heavy atom. The molecule has 0 aliphatic heterocycles. The molecule has 0 bridgehead atoms. The fraction of sp³-hybridized carbons (Fsp3) is 0.0625. The van der Waals surface area contributed by atoms with Gasteiger partial charge in [0.15, 0.2) is 5.82 Å². The van der Waals surface area contributed by atoms with Crippen LogP contribution < -0.4 is 15.4 Å². The first-order chi connectivity index (χ1) is 12.1. The van der Waals surface area contributed by atoms with Gasteiger partial charge in [-0.25, -0.2) is 0 Å². The zero-order valence-corrected chi connectivity index (χ0v) is 15.2. The van der Waals surface area contributed by atoms with Crippen LogP contribution in [0.2, 0.25) is 15.1 Å². The van der Waals surface area contributed by atoms with Crippen LogP contribution in [0.3, 0.4) is 0 Å². The molecule has 0 spiro atoms. The number of methoxy groups -OCH3 is 1. The maximum atomic E-state index is 6.16. The first kappa shape index (κ1) is 17.5. The van der Waals surface area contributed by atoms with Gasteiger partial charge in [0.25, 0.3) is 0 Å². The largest absolute Gasteiger partial charge is 0.495 e. The van der Waals surface area contributed by atoms with E-state index >= 15 is 0 Å². The SMILES string of the molecule is COc1ccc(Nc2nncc(Nc3cccc(Cl)c3Cl)n2)cc1Cl. The topological polar surface area (TPSA) is 72.0 Å². The van der Waals surface area contributed by atoms with E-state index in [2.05, 4.69) is 25.8 Å². The summed E-state index contributed by atoms with van der Waals surface area (Å²) >= 11 is 18.3. The number of halogens is 3. The van der Waals surface area contributed by atoms with Crippen molar-refractivity contribution in [3.05, 3.63) is 57.7 Å². The summed E-state index contributed by atoms with van der Waals surface area (Å²) in [5.74, 6) is 1.34. The quantitative estimate of drug-likeness (QED) is 0.607. The lowest BCUT2D eigenvalue weighted by Gasteiger charge is -2.10. The maximum absolute atomic E-state index is 6.16. The Morgan fingerprint density at radius 1 is 1.00 bits per heavy atom. The van der Waals surface area contributed by atoms with Crippen LogP contribution in [0.15, 0.2) is 42.6 Å². The molecule has 0 aliphatic rings. The second-order valence-electron chi connectivity index (χ2n) is 4.87. The lowest BCUT2D eigenvalue weighted by molar-refractivity contribution is 0.415. The third-order valence-corrected chi connectivity index (χ3v) is 4.30. The van der Waals surface area contributed by atoms with Crippen molar-refractivity contribution in [2.75, 3.05) is 17.7 Å². The van der Waals surface area contributed by atoms with Crippen LogP contribution in [-0.2, 0) is 0 Å². The minimum absolute atomic E-state index is 0.296. The van der Waals surface area contributed by atoms with Crippen molar-refractivity contribution < 1.29 is 4.74 Å². The highest BCUT2D eigenvalue weighted by atomic mass is 35.5. The Hall–Kier alpha value is -2.28. The Balaban J connectivity index is 1.79. The van der Waals surface area contributed by atoms with E-state index in [0.717, 1.165) is 0 Å². The first-order valence-corrected chi connectivity index (χ1v) is 8.21.